The fourth-order valence-corrected chi connectivity index (χ4v) is 3.72. The van der Waals surface area contributed by atoms with Crippen LogP contribution < -0.4 is 10.6 Å². The summed E-state index contributed by atoms with van der Waals surface area (Å²) in [4.78, 5) is 34.6. The summed E-state index contributed by atoms with van der Waals surface area (Å²) in [5.74, 6) is -0.726. The molecule has 2 N–H and O–H groups in total. The second kappa shape index (κ2) is 10.0. The predicted octanol–water partition coefficient (Wildman–Crippen LogP) is 3.92. The molecule has 166 valence electrons. The third-order valence-electron chi connectivity index (χ3n) is 5.58. The molecule has 0 saturated carbocycles. The average Bonchev–Trinajstić information content (AvgIpc) is 2.84. The van der Waals surface area contributed by atoms with Crippen LogP contribution in [0, 0.1) is 13.8 Å². The third-order valence-corrected chi connectivity index (χ3v) is 5.58. The van der Waals surface area contributed by atoms with Crippen LogP contribution in [0.2, 0.25) is 0 Å². The van der Waals surface area contributed by atoms with E-state index in [1.54, 1.807) is 18.2 Å². The van der Waals surface area contributed by atoms with Crippen molar-refractivity contribution in [3.63, 3.8) is 0 Å². The van der Waals surface area contributed by atoms with Crippen LogP contribution in [0.4, 0.5) is 0 Å². The molecule has 0 fully saturated rings. The van der Waals surface area contributed by atoms with E-state index in [4.69, 9.17) is 0 Å². The Morgan fingerprint density at radius 3 is 1.88 bits per heavy atom. The molecule has 4 rings (SSSR count). The molecule has 6 nitrogen and oxygen atoms in total. The van der Waals surface area contributed by atoms with E-state index in [1.807, 2.05) is 74.5 Å². The zero-order valence-corrected chi connectivity index (χ0v) is 18.7. The molecule has 0 unspecified atom stereocenters. The molecule has 0 aliphatic heterocycles. The Labute approximate surface area is 193 Å². The van der Waals surface area contributed by atoms with Crippen molar-refractivity contribution in [2.75, 3.05) is 13.1 Å². The lowest BCUT2D eigenvalue weighted by Crippen LogP contribution is -2.37. The van der Waals surface area contributed by atoms with Crippen molar-refractivity contribution >= 4 is 22.8 Å². The molecule has 6 heteroatoms. The lowest BCUT2D eigenvalue weighted by molar-refractivity contribution is -0.121. The second-order valence-electron chi connectivity index (χ2n) is 7.90. The molecule has 0 radical (unpaired) electrons. The van der Waals surface area contributed by atoms with Crippen LogP contribution in [-0.4, -0.2) is 34.9 Å². The van der Waals surface area contributed by atoms with Crippen LogP contribution in [0.25, 0.3) is 11.0 Å². The van der Waals surface area contributed by atoms with Crippen molar-refractivity contribution in [2.45, 2.75) is 19.8 Å². The van der Waals surface area contributed by atoms with Gasteiger partial charge in [-0.1, -0.05) is 60.7 Å². The maximum absolute atomic E-state index is 13.0. The molecule has 4 aromatic rings. The largest absolute Gasteiger partial charge is 0.354 e. The minimum atomic E-state index is -0.408. The number of rotatable bonds is 7. The Hall–Kier alpha value is -4.06. The van der Waals surface area contributed by atoms with Crippen LogP contribution >= 0.6 is 0 Å². The summed E-state index contributed by atoms with van der Waals surface area (Å²) in [5.41, 5.74) is 5.52. The SMILES string of the molecule is Cc1nc2ccc(C(=O)NCCNC(=O)C(c3ccccc3)c3ccccc3)cc2nc1C. The van der Waals surface area contributed by atoms with Crippen LogP contribution in [0.1, 0.15) is 38.8 Å². The van der Waals surface area contributed by atoms with Gasteiger partial charge >= 0.3 is 0 Å². The summed E-state index contributed by atoms with van der Waals surface area (Å²) in [6.45, 7) is 4.45. The van der Waals surface area contributed by atoms with Gasteiger partial charge in [-0.15, -0.1) is 0 Å². The standard InChI is InChI=1S/C27H26N4O2/c1-18-19(2)31-24-17-22(13-14-23(24)30-18)26(32)28-15-16-29-27(33)25(20-9-5-3-6-10-20)21-11-7-4-8-12-21/h3-14,17,25H,15-16H2,1-2H3,(H,28,32)(H,29,33). The van der Waals surface area contributed by atoms with Gasteiger partial charge in [-0.3, -0.25) is 9.59 Å². The quantitative estimate of drug-likeness (QED) is 0.428. The molecule has 0 bridgehead atoms. The maximum atomic E-state index is 13.0. The number of amides is 2. The van der Waals surface area contributed by atoms with Gasteiger partial charge in [-0.25, -0.2) is 9.97 Å². The van der Waals surface area contributed by atoms with Crippen molar-refractivity contribution in [3.8, 4) is 0 Å². The average molecular weight is 439 g/mol. The molecule has 0 saturated heterocycles. The number of nitrogens with zero attached hydrogens (tertiary/aromatic N) is 2. The molecule has 33 heavy (non-hydrogen) atoms. The van der Waals surface area contributed by atoms with Crippen molar-refractivity contribution < 1.29 is 9.59 Å². The van der Waals surface area contributed by atoms with Crippen molar-refractivity contribution in [2.24, 2.45) is 0 Å². The maximum Gasteiger partial charge on any atom is 0.251 e. The minimum absolute atomic E-state index is 0.103. The fraction of sp³-hybridized carbons (Fsp3) is 0.185. The van der Waals surface area contributed by atoms with Gasteiger partial charge in [0.1, 0.15) is 0 Å². The highest BCUT2D eigenvalue weighted by Gasteiger charge is 2.22. The summed E-state index contributed by atoms with van der Waals surface area (Å²) in [7, 11) is 0. The summed E-state index contributed by atoms with van der Waals surface area (Å²) in [6.07, 6.45) is 0. The fourth-order valence-electron chi connectivity index (χ4n) is 3.72. The van der Waals surface area contributed by atoms with Crippen molar-refractivity contribution in [1.82, 2.24) is 20.6 Å². The molecule has 1 heterocycles. The van der Waals surface area contributed by atoms with E-state index in [0.717, 1.165) is 28.0 Å². The van der Waals surface area contributed by atoms with E-state index in [9.17, 15) is 9.59 Å². The van der Waals surface area contributed by atoms with Gasteiger partial charge in [0, 0.05) is 18.7 Å². The molecular weight excluding hydrogens is 412 g/mol. The van der Waals surface area contributed by atoms with E-state index >= 15 is 0 Å². The third kappa shape index (κ3) is 5.23. The van der Waals surface area contributed by atoms with Gasteiger partial charge < -0.3 is 10.6 Å². The van der Waals surface area contributed by atoms with E-state index in [2.05, 4.69) is 20.6 Å². The number of hydrogen-bond donors (Lipinski definition) is 2. The van der Waals surface area contributed by atoms with Gasteiger partial charge in [-0.05, 0) is 43.2 Å². The topological polar surface area (TPSA) is 84.0 Å². The zero-order chi connectivity index (χ0) is 23.2. The molecule has 0 atom stereocenters. The first-order valence-corrected chi connectivity index (χ1v) is 10.9. The number of aryl methyl sites for hydroxylation is 2. The summed E-state index contributed by atoms with van der Waals surface area (Å²) in [6, 6.07) is 24.6. The Morgan fingerprint density at radius 1 is 0.727 bits per heavy atom. The second-order valence-corrected chi connectivity index (χ2v) is 7.90. The Kier molecular flexibility index (Phi) is 6.74. The number of hydrogen-bond acceptors (Lipinski definition) is 4. The number of aromatic nitrogens is 2. The van der Waals surface area contributed by atoms with E-state index < -0.39 is 5.92 Å². The van der Waals surface area contributed by atoms with Crippen molar-refractivity contribution in [1.29, 1.82) is 0 Å². The summed E-state index contributed by atoms with van der Waals surface area (Å²) in [5, 5.41) is 5.82. The van der Waals surface area contributed by atoms with Crippen LogP contribution in [-0.2, 0) is 4.79 Å². The summed E-state index contributed by atoms with van der Waals surface area (Å²) < 4.78 is 0. The Morgan fingerprint density at radius 2 is 1.27 bits per heavy atom. The number of carbonyl (C=O) groups is 2. The van der Waals surface area contributed by atoms with Gasteiger partial charge in [0.05, 0.1) is 28.3 Å². The van der Waals surface area contributed by atoms with Gasteiger partial charge in [0.25, 0.3) is 5.91 Å². The van der Waals surface area contributed by atoms with Gasteiger partial charge in [0.15, 0.2) is 0 Å². The van der Waals surface area contributed by atoms with Gasteiger partial charge in [-0.2, -0.15) is 0 Å². The van der Waals surface area contributed by atoms with E-state index in [1.165, 1.54) is 0 Å². The zero-order valence-electron chi connectivity index (χ0n) is 18.7. The first-order chi connectivity index (χ1) is 16.0. The Bertz CT molecular complexity index is 1230. The highest BCUT2D eigenvalue weighted by molar-refractivity contribution is 5.97. The van der Waals surface area contributed by atoms with Crippen LogP contribution in [0.15, 0.2) is 78.9 Å². The first-order valence-electron chi connectivity index (χ1n) is 10.9. The predicted molar refractivity (Wildman–Crippen MR) is 129 cm³/mol. The monoisotopic (exact) mass is 438 g/mol. The van der Waals surface area contributed by atoms with E-state index in [-0.39, 0.29) is 11.8 Å². The van der Waals surface area contributed by atoms with Crippen molar-refractivity contribution in [3.05, 3.63) is 107 Å². The lowest BCUT2D eigenvalue weighted by atomic mass is 9.90. The minimum Gasteiger partial charge on any atom is -0.354 e. The molecule has 0 aliphatic carbocycles. The highest BCUT2D eigenvalue weighted by Crippen LogP contribution is 2.24. The molecule has 3 aromatic carbocycles. The van der Waals surface area contributed by atoms with E-state index in [0.29, 0.717) is 24.2 Å². The normalized spacial score (nSPS) is 10.9. The molecule has 0 spiro atoms. The number of fused-ring (bicyclic) bond motifs is 1. The van der Waals surface area contributed by atoms with Crippen LogP contribution in [0.3, 0.4) is 0 Å². The summed E-state index contributed by atoms with van der Waals surface area (Å²) >= 11 is 0. The molecule has 2 amide bonds. The Balaban J connectivity index is 1.37. The lowest BCUT2D eigenvalue weighted by Gasteiger charge is -2.18. The number of carbonyl (C=O) groups excluding carboxylic acids is 2. The smallest absolute Gasteiger partial charge is 0.251 e. The number of nitrogens with one attached hydrogen (secondary N) is 2. The highest BCUT2D eigenvalue weighted by atomic mass is 16.2. The van der Waals surface area contributed by atoms with Gasteiger partial charge in [0.2, 0.25) is 5.91 Å². The van der Waals surface area contributed by atoms with Crippen LogP contribution in [0.5, 0.6) is 0 Å². The molecule has 1 aromatic heterocycles. The molecule has 0 aliphatic rings. The number of benzene rings is 3. The molecular formula is C27H26N4O2. The first kappa shape index (κ1) is 22.1.